The molecule has 0 radical (unpaired) electrons. The minimum Gasteiger partial charge on any atom is -0.481 e. The second-order valence-corrected chi connectivity index (χ2v) is 3.62. The van der Waals surface area contributed by atoms with Crippen LogP contribution in [0.15, 0.2) is 0 Å². The zero-order valence-corrected chi connectivity index (χ0v) is 10.4. The predicted octanol–water partition coefficient (Wildman–Crippen LogP) is -2.60. The lowest BCUT2D eigenvalue weighted by Crippen LogP contribution is -2.51. The zero-order chi connectivity index (χ0) is 15.0. The molecule has 106 valence electrons. The number of carbonyl (C=O) groups is 5. The van der Waals surface area contributed by atoms with Gasteiger partial charge in [0.15, 0.2) is 0 Å². The van der Waals surface area contributed by atoms with E-state index >= 15 is 0 Å². The summed E-state index contributed by atoms with van der Waals surface area (Å²) < 4.78 is 0. The molecule has 9 nitrogen and oxygen atoms in total. The molecule has 4 N–H and O–H groups in total. The molecule has 0 saturated heterocycles. The molecule has 0 aromatic carbocycles. The maximum Gasteiger partial charge on any atom is 0.309 e. The van der Waals surface area contributed by atoms with Gasteiger partial charge in [0.25, 0.3) is 0 Å². The van der Waals surface area contributed by atoms with Crippen molar-refractivity contribution in [3.8, 4) is 0 Å². The van der Waals surface area contributed by atoms with Crippen LogP contribution in [0.4, 0.5) is 0 Å². The van der Waals surface area contributed by atoms with Crippen molar-refractivity contribution in [2.45, 2.75) is 25.4 Å². The standard InChI is InChI=1S/C10H15N3O6/c1-5(12-10(19)9(18)11-2)8(17)13-6(4-14)3-7(15)16/h4-6H,3H2,1-2H3,(H,11,18)(H,12,19)(H,13,17)(H,15,16)/t5-,6-/m0/s1. The average Bonchev–Trinajstić information content (AvgIpc) is 2.35. The molecule has 3 amide bonds. The van der Waals surface area contributed by atoms with Crippen molar-refractivity contribution in [1.29, 1.82) is 0 Å². The van der Waals surface area contributed by atoms with Gasteiger partial charge in [-0.1, -0.05) is 0 Å². The van der Waals surface area contributed by atoms with Gasteiger partial charge in [0, 0.05) is 7.05 Å². The molecule has 0 bridgehead atoms. The number of nitrogens with one attached hydrogen (secondary N) is 3. The van der Waals surface area contributed by atoms with Crippen LogP contribution in [0.2, 0.25) is 0 Å². The number of carboxylic acid groups (broad SMARTS) is 1. The first-order valence-electron chi connectivity index (χ1n) is 5.31. The highest BCUT2D eigenvalue weighted by Crippen LogP contribution is 1.91. The fourth-order valence-corrected chi connectivity index (χ4v) is 1.07. The van der Waals surface area contributed by atoms with Crippen LogP contribution >= 0.6 is 0 Å². The van der Waals surface area contributed by atoms with E-state index in [1.165, 1.54) is 14.0 Å². The molecule has 0 saturated carbocycles. The van der Waals surface area contributed by atoms with Crippen LogP contribution in [-0.4, -0.2) is 54.2 Å². The normalized spacial score (nSPS) is 12.7. The second-order valence-electron chi connectivity index (χ2n) is 3.62. The number of carboxylic acids is 1. The number of hydrogen-bond donors (Lipinski definition) is 4. The highest BCUT2D eigenvalue weighted by molar-refractivity contribution is 6.35. The minimum absolute atomic E-state index is 0.277. The van der Waals surface area contributed by atoms with Gasteiger partial charge >= 0.3 is 17.8 Å². The molecule has 0 fully saturated rings. The quantitative estimate of drug-likeness (QED) is 0.309. The number of aliphatic carboxylic acids is 1. The Kier molecular flexibility index (Phi) is 6.79. The van der Waals surface area contributed by atoms with E-state index in [1.54, 1.807) is 0 Å². The summed E-state index contributed by atoms with van der Waals surface area (Å²) in [5, 5.41) is 14.8. The summed E-state index contributed by atoms with van der Waals surface area (Å²) >= 11 is 0. The Hall–Kier alpha value is -2.45. The van der Waals surface area contributed by atoms with Gasteiger partial charge in [-0.05, 0) is 6.92 Å². The number of hydrogen-bond acceptors (Lipinski definition) is 5. The Morgan fingerprint density at radius 3 is 2.16 bits per heavy atom. The number of aldehydes is 1. The molecule has 0 unspecified atom stereocenters. The van der Waals surface area contributed by atoms with Crippen LogP contribution in [0.1, 0.15) is 13.3 Å². The van der Waals surface area contributed by atoms with Crippen molar-refractivity contribution < 1.29 is 29.1 Å². The summed E-state index contributed by atoms with van der Waals surface area (Å²) in [6.07, 6.45) is -0.287. The van der Waals surface area contributed by atoms with Crippen molar-refractivity contribution in [3.05, 3.63) is 0 Å². The average molecular weight is 273 g/mol. The zero-order valence-electron chi connectivity index (χ0n) is 10.4. The van der Waals surface area contributed by atoms with E-state index in [0.29, 0.717) is 0 Å². The number of rotatable bonds is 6. The first kappa shape index (κ1) is 16.6. The second kappa shape index (κ2) is 7.80. The first-order valence-corrected chi connectivity index (χ1v) is 5.31. The van der Waals surface area contributed by atoms with E-state index in [1.807, 2.05) is 0 Å². The molecule has 9 heteroatoms. The Balaban J connectivity index is 4.40. The molecule has 0 aromatic heterocycles. The van der Waals surface area contributed by atoms with E-state index in [4.69, 9.17) is 5.11 Å². The van der Waals surface area contributed by atoms with Gasteiger partial charge in [0.05, 0.1) is 12.5 Å². The molecule has 0 heterocycles. The maximum absolute atomic E-state index is 11.5. The van der Waals surface area contributed by atoms with Gasteiger partial charge in [-0.3, -0.25) is 19.2 Å². The van der Waals surface area contributed by atoms with Gasteiger partial charge in [0.1, 0.15) is 12.3 Å². The molecule has 0 aliphatic rings. The van der Waals surface area contributed by atoms with E-state index in [-0.39, 0.29) is 6.29 Å². The van der Waals surface area contributed by atoms with E-state index in [0.717, 1.165) is 0 Å². The molecule has 0 aliphatic heterocycles. The summed E-state index contributed by atoms with van der Waals surface area (Å²) in [7, 11) is 1.25. The van der Waals surface area contributed by atoms with Crippen molar-refractivity contribution >= 4 is 30.0 Å². The third-order valence-corrected chi connectivity index (χ3v) is 2.06. The summed E-state index contributed by atoms with van der Waals surface area (Å²) in [4.78, 5) is 54.5. The largest absolute Gasteiger partial charge is 0.481 e. The third kappa shape index (κ3) is 6.15. The number of amides is 3. The van der Waals surface area contributed by atoms with Crippen LogP contribution in [-0.2, 0) is 24.0 Å². The van der Waals surface area contributed by atoms with Gasteiger partial charge in [0.2, 0.25) is 5.91 Å². The molecule has 19 heavy (non-hydrogen) atoms. The van der Waals surface area contributed by atoms with Crippen LogP contribution in [0.5, 0.6) is 0 Å². The van der Waals surface area contributed by atoms with Crippen LogP contribution in [0.25, 0.3) is 0 Å². The van der Waals surface area contributed by atoms with Crippen molar-refractivity contribution in [1.82, 2.24) is 16.0 Å². The Morgan fingerprint density at radius 1 is 1.16 bits per heavy atom. The molecular weight excluding hydrogens is 258 g/mol. The van der Waals surface area contributed by atoms with Crippen molar-refractivity contribution in [2.24, 2.45) is 0 Å². The fourth-order valence-electron chi connectivity index (χ4n) is 1.07. The summed E-state index contributed by atoms with van der Waals surface area (Å²) in [5.74, 6) is -3.95. The summed E-state index contributed by atoms with van der Waals surface area (Å²) in [6, 6.07) is -2.27. The van der Waals surface area contributed by atoms with Gasteiger partial charge < -0.3 is 25.9 Å². The Bertz CT molecular complexity index is 395. The fraction of sp³-hybridized carbons (Fsp3) is 0.500. The molecule has 0 aromatic rings. The van der Waals surface area contributed by atoms with Gasteiger partial charge in [-0.2, -0.15) is 0 Å². The highest BCUT2D eigenvalue weighted by atomic mass is 16.4. The molecule has 0 spiro atoms. The molecule has 0 aliphatic carbocycles. The van der Waals surface area contributed by atoms with E-state index in [9.17, 15) is 24.0 Å². The molecule has 2 atom stereocenters. The van der Waals surface area contributed by atoms with Gasteiger partial charge in [-0.15, -0.1) is 0 Å². The minimum atomic E-state index is -1.25. The Labute approximate surface area is 108 Å². The SMILES string of the molecule is CNC(=O)C(=O)N[C@@H](C)C(=O)N[C@H](C=O)CC(=O)O. The lowest BCUT2D eigenvalue weighted by molar-refractivity contribution is -0.140. The van der Waals surface area contributed by atoms with E-state index < -0.39 is 42.2 Å². The molecule has 0 rings (SSSR count). The number of likely N-dealkylation sites (N-methyl/N-ethyl adjacent to an activating group) is 1. The lowest BCUT2D eigenvalue weighted by Gasteiger charge is -2.16. The number of carbonyl (C=O) groups excluding carboxylic acids is 4. The Morgan fingerprint density at radius 2 is 1.74 bits per heavy atom. The van der Waals surface area contributed by atoms with Crippen molar-refractivity contribution in [2.75, 3.05) is 7.05 Å². The molecular formula is C10H15N3O6. The third-order valence-electron chi connectivity index (χ3n) is 2.06. The summed E-state index contributed by atoms with van der Waals surface area (Å²) in [5.41, 5.74) is 0. The highest BCUT2D eigenvalue weighted by Gasteiger charge is 2.22. The van der Waals surface area contributed by atoms with E-state index in [2.05, 4.69) is 16.0 Å². The van der Waals surface area contributed by atoms with Crippen LogP contribution in [0, 0.1) is 0 Å². The lowest BCUT2D eigenvalue weighted by atomic mass is 10.2. The van der Waals surface area contributed by atoms with Crippen LogP contribution < -0.4 is 16.0 Å². The monoisotopic (exact) mass is 273 g/mol. The first-order chi connectivity index (χ1) is 8.81. The predicted molar refractivity (Wildman–Crippen MR) is 61.9 cm³/mol. The topological polar surface area (TPSA) is 142 Å². The maximum atomic E-state index is 11.5. The smallest absolute Gasteiger partial charge is 0.309 e. The van der Waals surface area contributed by atoms with Gasteiger partial charge in [-0.25, -0.2) is 0 Å². The van der Waals surface area contributed by atoms with Crippen LogP contribution in [0.3, 0.4) is 0 Å². The summed E-state index contributed by atoms with van der Waals surface area (Å²) in [6.45, 7) is 1.29. The van der Waals surface area contributed by atoms with Crippen molar-refractivity contribution in [3.63, 3.8) is 0 Å².